The van der Waals surface area contributed by atoms with E-state index < -0.39 is 0 Å². The monoisotopic (exact) mass is 176 g/mol. The molecule has 3 nitrogen and oxygen atoms in total. The minimum Gasteiger partial charge on any atom is -0.421 e. The van der Waals surface area contributed by atoms with Crippen molar-refractivity contribution in [3.8, 4) is 0 Å². The highest BCUT2D eigenvalue weighted by molar-refractivity contribution is 7.78. The Morgan fingerprint density at radius 2 is 2.25 bits per heavy atom. The average molecular weight is 176 g/mol. The van der Waals surface area contributed by atoms with Crippen molar-refractivity contribution in [3.05, 3.63) is 24.3 Å². The summed E-state index contributed by atoms with van der Waals surface area (Å²) >= 11 is 4.42. The van der Waals surface area contributed by atoms with Crippen LogP contribution in [0, 0.1) is 0 Å². The maximum absolute atomic E-state index is 5.20. The van der Waals surface area contributed by atoms with Gasteiger partial charge in [-0.2, -0.15) is 4.98 Å². The molecule has 0 saturated carbocycles. The Morgan fingerprint density at radius 3 is 3.00 bits per heavy atom. The summed E-state index contributed by atoms with van der Waals surface area (Å²) in [5.41, 5.74) is 1.49. The molecule has 0 aliphatic heterocycles. The maximum Gasteiger partial charge on any atom is 0.331 e. The van der Waals surface area contributed by atoms with E-state index in [9.17, 15) is 0 Å². The third-order valence-corrected chi connectivity index (χ3v) is 1.52. The first kappa shape index (κ1) is 7.16. The number of nitrogens with zero attached hydrogens (tertiary/aromatic N) is 2. The Labute approximate surface area is 73.7 Å². The van der Waals surface area contributed by atoms with Gasteiger partial charge in [-0.15, -0.1) is 4.99 Å². The molecule has 58 valence electrons. The van der Waals surface area contributed by atoms with Crippen LogP contribution >= 0.6 is 12.2 Å². The van der Waals surface area contributed by atoms with Crippen LogP contribution in [0.4, 0.5) is 6.01 Å². The molecule has 0 bridgehead atoms. The van der Waals surface area contributed by atoms with Crippen LogP contribution in [-0.2, 0) is 0 Å². The number of hydrogen-bond acceptors (Lipinski definition) is 4. The van der Waals surface area contributed by atoms with Crippen LogP contribution < -0.4 is 0 Å². The van der Waals surface area contributed by atoms with Gasteiger partial charge >= 0.3 is 6.01 Å². The summed E-state index contributed by atoms with van der Waals surface area (Å²) in [5.74, 6) is 0. The average Bonchev–Trinajstić information content (AvgIpc) is 2.47. The number of benzene rings is 1. The zero-order valence-electron chi connectivity index (χ0n) is 6.02. The zero-order chi connectivity index (χ0) is 8.39. The molecule has 0 saturated heterocycles. The second kappa shape index (κ2) is 2.85. The van der Waals surface area contributed by atoms with Crippen molar-refractivity contribution in [2.45, 2.75) is 0 Å². The zero-order valence-corrected chi connectivity index (χ0v) is 6.84. The van der Waals surface area contributed by atoms with Gasteiger partial charge in [-0.3, -0.25) is 0 Å². The Kier molecular flexibility index (Phi) is 1.70. The molecule has 0 radical (unpaired) electrons. The smallest absolute Gasteiger partial charge is 0.331 e. The molecule has 4 heteroatoms. The van der Waals surface area contributed by atoms with Crippen molar-refractivity contribution in [3.63, 3.8) is 0 Å². The van der Waals surface area contributed by atoms with Gasteiger partial charge in [0.05, 0.1) is 5.16 Å². The number of isothiocyanates is 1. The molecule has 2 aromatic rings. The number of fused-ring (bicyclic) bond motifs is 1. The Morgan fingerprint density at radius 1 is 1.42 bits per heavy atom. The van der Waals surface area contributed by atoms with Gasteiger partial charge in [0.2, 0.25) is 0 Å². The normalized spacial score (nSPS) is 9.67. The molecule has 0 aliphatic carbocycles. The molecule has 0 aliphatic rings. The van der Waals surface area contributed by atoms with Crippen LogP contribution in [0.3, 0.4) is 0 Å². The van der Waals surface area contributed by atoms with Gasteiger partial charge in [-0.25, -0.2) is 0 Å². The summed E-state index contributed by atoms with van der Waals surface area (Å²) in [6.45, 7) is 0. The fraction of sp³-hybridized carbons (Fsp3) is 0. The number of hydrogen-bond donors (Lipinski definition) is 0. The van der Waals surface area contributed by atoms with Crippen LogP contribution in [0.15, 0.2) is 33.7 Å². The summed E-state index contributed by atoms with van der Waals surface area (Å²) < 4.78 is 5.20. The van der Waals surface area contributed by atoms with E-state index in [1.807, 2.05) is 24.3 Å². The maximum atomic E-state index is 5.20. The number of rotatable bonds is 1. The fourth-order valence-corrected chi connectivity index (χ4v) is 1.03. The molecule has 1 aromatic heterocycles. The largest absolute Gasteiger partial charge is 0.421 e. The van der Waals surface area contributed by atoms with Gasteiger partial charge in [-0.1, -0.05) is 12.1 Å². The summed E-state index contributed by atoms with van der Waals surface area (Å²) in [7, 11) is 0. The minimum absolute atomic E-state index is 0.256. The van der Waals surface area contributed by atoms with Gasteiger partial charge in [0, 0.05) is 0 Å². The Hall–Kier alpha value is -1.51. The second-order valence-corrected chi connectivity index (χ2v) is 2.35. The number of oxazole rings is 1. The summed E-state index contributed by atoms with van der Waals surface area (Å²) in [6, 6.07) is 7.69. The summed E-state index contributed by atoms with van der Waals surface area (Å²) in [4.78, 5) is 7.67. The standard InChI is InChI=1S/C8H4N2OS/c12-5-9-8-10-6-3-1-2-4-7(6)11-8/h1-4H. The molecule has 0 atom stereocenters. The molecule has 0 spiro atoms. The number of para-hydroxylation sites is 2. The van der Waals surface area contributed by atoms with Crippen LogP contribution in [-0.4, -0.2) is 10.1 Å². The molecule has 0 amide bonds. The molecule has 0 fully saturated rings. The number of aromatic nitrogens is 1. The first-order valence-electron chi connectivity index (χ1n) is 3.33. The Balaban J connectivity index is 2.69. The summed E-state index contributed by atoms with van der Waals surface area (Å²) in [5, 5.41) is 2.20. The fourth-order valence-electron chi connectivity index (χ4n) is 0.947. The van der Waals surface area contributed by atoms with Crippen molar-refractivity contribution < 1.29 is 4.42 Å². The minimum atomic E-state index is 0.256. The number of thiocarbonyl (C=S) groups is 1. The van der Waals surface area contributed by atoms with Gasteiger partial charge in [0.15, 0.2) is 5.58 Å². The van der Waals surface area contributed by atoms with Crippen LogP contribution in [0.2, 0.25) is 0 Å². The lowest BCUT2D eigenvalue weighted by molar-refractivity contribution is 0.614. The van der Waals surface area contributed by atoms with E-state index in [4.69, 9.17) is 4.42 Å². The van der Waals surface area contributed by atoms with Crippen molar-refractivity contribution in [2.75, 3.05) is 0 Å². The van der Waals surface area contributed by atoms with Gasteiger partial charge in [-0.05, 0) is 24.4 Å². The molecule has 0 N–H and O–H groups in total. The van der Waals surface area contributed by atoms with Gasteiger partial charge in [0.1, 0.15) is 5.52 Å². The molecule has 1 aromatic carbocycles. The molecular weight excluding hydrogens is 172 g/mol. The molecule has 2 rings (SSSR count). The highest BCUT2D eigenvalue weighted by atomic mass is 32.1. The van der Waals surface area contributed by atoms with Crippen LogP contribution in [0.5, 0.6) is 0 Å². The third-order valence-electron chi connectivity index (χ3n) is 1.42. The SMILES string of the molecule is S=C=Nc1nc2ccccc2o1. The van der Waals surface area contributed by atoms with Crippen molar-refractivity contribution in [1.82, 2.24) is 4.98 Å². The molecule has 1 heterocycles. The van der Waals surface area contributed by atoms with Crippen LogP contribution in [0.25, 0.3) is 11.1 Å². The van der Waals surface area contributed by atoms with Crippen molar-refractivity contribution in [1.29, 1.82) is 0 Å². The van der Waals surface area contributed by atoms with E-state index in [0.29, 0.717) is 5.58 Å². The van der Waals surface area contributed by atoms with E-state index in [1.54, 1.807) is 0 Å². The topological polar surface area (TPSA) is 38.4 Å². The Bertz CT molecular complexity index is 424. The van der Waals surface area contributed by atoms with E-state index in [2.05, 4.69) is 27.4 Å². The van der Waals surface area contributed by atoms with Crippen molar-refractivity contribution >= 4 is 34.5 Å². The lowest BCUT2D eigenvalue weighted by Gasteiger charge is -1.79. The molecule has 12 heavy (non-hydrogen) atoms. The van der Waals surface area contributed by atoms with Crippen molar-refractivity contribution in [2.24, 2.45) is 4.99 Å². The lowest BCUT2D eigenvalue weighted by atomic mass is 10.3. The quantitative estimate of drug-likeness (QED) is 0.495. The first-order chi connectivity index (χ1) is 5.90. The van der Waals surface area contributed by atoms with E-state index in [-0.39, 0.29) is 6.01 Å². The van der Waals surface area contributed by atoms with E-state index in [0.717, 1.165) is 5.52 Å². The predicted molar refractivity (Wildman–Crippen MR) is 48.7 cm³/mol. The predicted octanol–water partition coefficient (Wildman–Crippen LogP) is 2.56. The second-order valence-electron chi connectivity index (χ2n) is 2.17. The number of aliphatic imine (C=N–C) groups is 1. The van der Waals surface area contributed by atoms with E-state index >= 15 is 0 Å². The van der Waals surface area contributed by atoms with E-state index in [1.165, 1.54) is 0 Å². The highest BCUT2D eigenvalue weighted by Gasteiger charge is 2.00. The van der Waals surface area contributed by atoms with Gasteiger partial charge < -0.3 is 4.42 Å². The third kappa shape index (κ3) is 1.13. The van der Waals surface area contributed by atoms with Crippen LogP contribution in [0.1, 0.15) is 0 Å². The summed E-state index contributed by atoms with van der Waals surface area (Å²) in [6.07, 6.45) is 0. The lowest BCUT2D eigenvalue weighted by Crippen LogP contribution is -1.63. The molecular formula is C8H4N2OS. The van der Waals surface area contributed by atoms with Gasteiger partial charge in [0.25, 0.3) is 0 Å². The molecule has 0 unspecified atom stereocenters. The first-order valence-corrected chi connectivity index (χ1v) is 3.74. The highest BCUT2D eigenvalue weighted by Crippen LogP contribution is 2.19.